The fraction of sp³-hybridized carbons (Fsp3) is 0.333. The second-order valence-electron chi connectivity index (χ2n) is 3.68. The van der Waals surface area contributed by atoms with Crippen LogP contribution >= 0.6 is 0 Å². The Morgan fingerprint density at radius 2 is 1.92 bits per heavy atom. The Bertz CT molecular complexity index is 284. The molecule has 1 nitrogen and oxygen atoms in total. The molecule has 0 bridgehead atoms. The average Bonchev–Trinajstić information content (AvgIpc) is 2.04. The maximum atomic E-state index is 5.99. The van der Waals surface area contributed by atoms with Crippen molar-refractivity contribution in [1.82, 2.24) is 0 Å². The van der Waals surface area contributed by atoms with E-state index in [1.807, 2.05) is 6.92 Å². The highest BCUT2D eigenvalue weighted by molar-refractivity contribution is 5.24. The Morgan fingerprint density at radius 1 is 1.38 bits per heavy atom. The summed E-state index contributed by atoms with van der Waals surface area (Å²) < 4.78 is 0. The number of aryl methyl sites for hydroxylation is 1. The van der Waals surface area contributed by atoms with Gasteiger partial charge in [0.15, 0.2) is 0 Å². The summed E-state index contributed by atoms with van der Waals surface area (Å²) in [5.41, 5.74) is 9.58. The van der Waals surface area contributed by atoms with Crippen molar-refractivity contribution in [3.8, 4) is 0 Å². The van der Waals surface area contributed by atoms with Crippen LogP contribution in [-0.2, 0) is 0 Å². The summed E-state index contributed by atoms with van der Waals surface area (Å²) in [6, 6.07) is 8.45. The van der Waals surface area contributed by atoms with Gasteiger partial charge in [0.1, 0.15) is 0 Å². The third-order valence-corrected chi connectivity index (χ3v) is 2.07. The van der Waals surface area contributed by atoms with Gasteiger partial charge >= 0.3 is 0 Å². The van der Waals surface area contributed by atoms with E-state index in [1.165, 1.54) is 11.1 Å². The van der Waals surface area contributed by atoms with Gasteiger partial charge in [-0.15, -0.1) is 6.58 Å². The standard InChI is InChI=1S/C12H17N/c1-9(2)8-12(13)11-6-4-10(3)5-7-11/h4-7,12H,1,8,13H2,2-3H3/t12-/m1/s1. The predicted molar refractivity (Wildman–Crippen MR) is 57.5 cm³/mol. The van der Waals surface area contributed by atoms with Gasteiger partial charge in [-0.25, -0.2) is 0 Å². The van der Waals surface area contributed by atoms with E-state index in [9.17, 15) is 0 Å². The monoisotopic (exact) mass is 175 g/mol. The Morgan fingerprint density at radius 3 is 2.38 bits per heavy atom. The van der Waals surface area contributed by atoms with Crippen LogP contribution in [0.2, 0.25) is 0 Å². The van der Waals surface area contributed by atoms with Gasteiger partial charge in [0.05, 0.1) is 0 Å². The lowest BCUT2D eigenvalue weighted by molar-refractivity contribution is 0.717. The highest BCUT2D eigenvalue weighted by Crippen LogP contribution is 2.17. The van der Waals surface area contributed by atoms with Gasteiger partial charge in [0.2, 0.25) is 0 Å². The molecule has 13 heavy (non-hydrogen) atoms. The summed E-state index contributed by atoms with van der Waals surface area (Å²) in [5, 5.41) is 0. The maximum absolute atomic E-state index is 5.99. The van der Waals surface area contributed by atoms with E-state index in [4.69, 9.17) is 5.73 Å². The molecule has 0 spiro atoms. The highest BCUT2D eigenvalue weighted by atomic mass is 14.6. The van der Waals surface area contributed by atoms with Gasteiger partial charge in [0.25, 0.3) is 0 Å². The molecule has 0 amide bonds. The van der Waals surface area contributed by atoms with Crippen LogP contribution in [0.1, 0.15) is 30.5 Å². The third kappa shape index (κ3) is 3.03. The van der Waals surface area contributed by atoms with Gasteiger partial charge in [-0.1, -0.05) is 35.4 Å². The molecule has 1 rings (SSSR count). The zero-order chi connectivity index (χ0) is 9.84. The van der Waals surface area contributed by atoms with E-state index < -0.39 is 0 Å². The predicted octanol–water partition coefficient (Wildman–Crippen LogP) is 2.96. The lowest BCUT2D eigenvalue weighted by atomic mass is 10.0. The number of hydrogen-bond acceptors (Lipinski definition) is 1. The molecule has 0 heterocycles. The van der Waals surface area contributed by atoms with Gasteiger partial charge in [-0.3, -0.25) is 0 Å². The number of nitrogens with two attached hydrogens (primary N) is 1. The summed E-state index contributed by atoms with van der Waals surface area (Å²) in [7, 11) is 0. The zero-order valence-corrected chi connectivity index (χ0v) is 8.38. The summed E-state index contributed by atoms with van der Waals surface area (Å²) in [5.74, 6) is 0. The molecule has 0 fully saturated rings. The molecule has 0 radical (unpaired) electrons. The molecular formula is C12H17N. The van der Waals surface area contributed by atoms with Crippen LogP contribution in [0.25, 0.3) is 0 Å². The summed E-state index contributed by atoms with van der Waals surface area (Å²) in [4.78, 5) is 0. The van der Waals surface area contributed by atoms with Crippen molar-refractivity contribution < 1.29 is 0 Å². The minimum absolute atomic E-state index is 0.0955. The first kappa shape index (κ1) is 10.0. The molecule has 0 aliphatic carbocycles. The number of rotatable bonds is 3. The zero-order valence-electron chi connectivity index (χ0n) is 8.38. The molecule has 70 valence electrons. The normalized spacial score (nSPS) is 12.5. The van der Waals surface area contributed by atoms with Crippen molar-refractivity contribution in [2.75, 3.05) is 0 Å². The van der Waals surface area contributed by atoms with Crippen LogP contribution in [0.15, 0.2) is 36.4 Å². The van der Waals surface area contributed by atoms with Crippen molar-refractivity contribution >= 4 is 0 Å². The molecule has 1 heteroatoms. The molecule has 1 aromatic carbocycles. The molecule has 0 aliphatic heterocycles. The Kier molecular flexibility index (Phi) is 3.26. The van der Waals surface area contributed by atoms with Crippen molar-refractivity contribution in [3.05, 3.63) is 47.5 Å². The summed E-state index contributed by atoms with van der Waals surface area (Å²) in [6.07, 6.45) is 0.864. The number of hydrogen-bond donors (Lipinski definition) is 1. The Hall–Kier alpha value is -1.08. The van der Waals surface area contributed by atoms with Gasteiger partial charge in [0, 0.05) is 6.04 Å². The quantitative estimate of drug-likeness (QED) is 0.702. The lowest BCUT2D eigenvalue weighted by Gasteiger charge is -2.11. The van der Waals surface area contributed by atoms with Crippen molar-refractivity contribution in [3.63, 3.8) is 0 Å². The maximum Gasteiger partial charge on any atom is 0.0332 e. The van der Waals surface area contributed by atoms with Crippen molar-refractivity contribution in [2.45, 2.75) is 26.3 Å². The van der Waals surface area contributed by atoms with Crippen LogP contribution < -0.4 is 5.73 Å². The minimum atomic E-state index is 0.0955. The van der Waals surface area contributed by atoms with E-state index in [-0.39, 0.29) is 6.04 Å². The van der Waals surface area contributed by atoms with E-state index >= 15 is 0 Å². The largest absolute Gasteiger partial charge is 0.324 e. The highest BCUT2D eigenvalue weighted by Gasteiger charge is 2.04. The van der Waals surface area contributed by atoms with Crippen molar-refractivity contribution in [1.29, 1.82) is 0 Å². The first-order valence-corrected chi connectivity index (χ1v) is 4.56. The van der Waals surface area contributed by atoms with Crippen LogP contribution in [0, 0.1) is 6.92 Å². The molecule has 0 aliphatic rings. The molecule has 0 saturated heterocycles. The van der Waals surface area contributed by atoms with Crippen LogP contribution in [0.3, 0.4) is 0 Å². The molecule has 2 N–H and O–H groups in total. The lowest BCUT2D eigenvalue weighted by Crippen LogP contribution is -2.10. The van der Waals surface area contributed by atoms with E-state index in [0.29, 0.717) is 0 Å². The molecule has 0 unspecified atom stereocenters. The topological polar surface area (TPSA) is 26.0 Å². The summed E-state index contributed by atoms with van der Waals surface area (Å²) in [6.45, 7) is 7.94. The molecular weight excluding hydrogens is 158 g/mol. The van der Waals surface area contributed by atoms with Gasteiger partial charge < -0.3 is 5.73 Å². The van der Waals surface area contributed by atoms with Crippen LogP contribution in [-0.4, -0.2) is 0 Å². The van der Waals surface area contributed by atoms with E-state index in [2.05, 4.69) is 37.8 Å². The SMILES string of the molecule is C=C(C)C[C@@H](N)c1ccc(C)cc1. The van der Waals surface area contributed by atoms with Crippen molar-refractivity contribution in [2.24, 2.45) is 5.73 Å². The Labute approximate surface area is 80.3 Å². The van der Waals surface area contributed by atoms with Gasteiger partial charge in [-0.05, 0) is 25.8 Å². The second kappa shape index (κ2) is 4.24. The fourth-order valence-electron chi connectivity index (χ4n) is 1.31. The third-order valence-electron chi connectivity index (χ3n) is 2.07. The Balaban J connectivity index is 2.71. The molecule has 0 saturated carbocycles. The fourth-order valence-corrected chi connectivity index (χ4v) is 1.31. The van der Waals surface area contributed by atoms with Gasteiger partial charge in [-0.2, -0.15) is 0 Å². The van der Waals surface area contributed by atoms with Crippen LogP contribution in [0.5, 0.6) is 0 Å². The molecule has 1 atom stereocenters. The van der Waals surface area contributed by atoms with E-state index in [1.54, 1.807) is 0 Å². The molecule has 0 aromatic heterocycles. The molecule has 1 aromatic rings. The first-order chi connectivity index (χ1) is 6.09. The second-order valence-corrected chi connectivity index (χ2v) is 3.68. The van der Waals surface area contributed by atoms with E-state index in [0.717, 1.165) is 12.0 Å². The average molecular weight is 175 g/mol. The van der Waals surface area contributed by atoms with Crippen LogP contribution in [0.4, 0.5) is 0 Å². The first-order valence-electron chi connectivity index (χ1n) is 4.56. The summed E-state index contributed by atoms with van der Waals surface area (Å²) >= 11 is 0. The minimum Gasteiger partial charge on any atom is -0.324 e. The smallest absolute Gasteiger partial charge is 0.0332 e. The number of benzene rings is 1.